The smallest absolute Gasteiger partial charge is 0.242 e. The van der Waals surface area contributed by atoms with Crippen molar-refractivity contribution in [1.29, 1.82) is 0 Å². The highest BCUT2D eigenvalue weighted by Crippen LogP contribution is 2.25. The molecule has 3 aromatic rings. The largest absolute Gasteiger partial charge is 0.357 e. The molecule has 0 aliphatic heterocycles. The Morgan fingerprint density at radius 1 is 0.971 bits per heavy atom. The molecular weight excluding hydrogens is 487 g/mol. The molecule has 2 amide bonds. The Bertz CT molecular complexity index is 1110. The summed E-state index contributed by atoms with van der Waals surface area (Å²) in [5.41, 5.74) is 4.04. The Morgan fingerprint density at radius 2 is 1.68 bits per heavy atom. The zero-order chi connectivity index (χ0) is 24.5. The molecule has 34 heavy (non-hydrogen) atoms. The number of likely N-dealkylation sites (N-methyl/N-ethyl adjacent to an activating group) is 1. The van der Waals surface area contributed by atoms with Gasteiger partial charge in [0.1, 0.15) is 6.04 Å². The average Bonchev–Trinajstić information content (AvgIpc) is 2.84. The number of carbonyl (C=O) groups excluding carboxylic acids is 2. The van der Waals surface area contributed by atoms with E-state index in [1.54, 1.807) is 24.1 Å². The molecule has 0 spiro atoms. The first kappa shape index (κ1) is 26.1. The van der Waals surface area contributed by atoms with Gasteiger partial charge in [0.15, 0.2) is 0 Å². The maximum absolute atomic E-state index is 13.5. The van der Waals surface area contributed by atoms with Crippen molar-refractivity contribution in [3.05, 3.63) is 105 Å². The van der Waals surface area contributed by atoms with Crippen LogP contribution in [-0.2, 0) is 28.3 Å². The molecule has 1 N–H and O–H groups in total. The van der Waals surface area contributed by atoms with Gasteiger partial charge in [0, 0.05) is 35.8 Å². The van der Waals surface area contributed by atoms with Crippen LogP contribution in [-0.4, -0.2) is 35.6 Å². The zero-order valence-electron chi connectivity index (χ0n) is 19.3. The van der Waals surface area contributed by atoms with Gasteiger partial charge in [-0.1, -0.05) is 89.4 Å². The van der Waals surface area contributed by atoms with E-state index in [0.717, 1.165) is 22.3 Å². The van der Waals surface area contributed by atoms with Crippen LogP contribution in [0.4, 0.5) is 0 Å². The van der Waals surface area contributed by atoms with Crippen LogP contribution in [0.25, 0.3) is 0 Å². The first-order valence-electron chi connectivity index (χ1n) is 11.0. The molecule has 3 rings (SSSR count). The molecule has 4 nitrogen and oxygen atoms in total. The van der Waals surface area contributed by atoms with Gasteiger partial charge in [0.25, 0.3) is 0 Å². The molecule has 0 fully saturated rings. The molecule has 0 unspecified atom stereocenters. The van der Waals surface area contributed by atoms with Crippen molar-refractivity contribution >= 4 is 46.8 Å². The number of thioether (sulfide) groups is 1. The van der Waals surface area contributed by atoms with E-state index in [-0.39, 0.29) is 17.6 Å². The van der Waals surface area contributed by atoms with E-state index in [1.165, 1.54) is 11.8 Å². The molecule has 3 aromatic carbocycles. The predicted octanol–water partition coefficient (Wildman–Crippen LogP) is 5.92. The number of hydrogen-bond acceptors (Lipinski definition) is 3. The maximum Gasteiger partial charge on any atom is 0.242 e. The van der Waals surface area contributed by atoms with Crippen molar-refractivity contribution < 1.29 is 9.59 Å². The number of aryl methyl sites for hydroxylation is 1. The van der Waals surface area contributed by atoms with Gasteiger partial charge in [0.2, 0.25) is 11.8 Å². The third-order valence-electron chi connectivity index (χ3n) is 5.49. The molecule has 0 aromatic heterocycles. The third kappa shape index (κ3) is 7.52. The van der Waals surface area contributed by atoms with Crippen LogP contribution in [0.1, 0.15) is 22.3 Å². The first-order valence-corrected chi connectivity index (χ1v) is 12.9. The van der Waals surface area contributed by atoms with Crippen molar-refractivity contribution in [2.24, 2.45) is 0 Å². The van der Waals surface area contributed by atoms with Crippen molar-refractivity contribution in [2.75, 3.05) is 12.8 Å². The maximum atomic E-state index is 13.5. The minimum atomic E-state index is -0.624. The number of amides is 2. The van der Waals surface area contributed by atoms with E-state index in [2.05, 4.69) is 5.32 Å². The van der Waals surface area contributed by atoms with Crippen LogP contribution in [0.5, 0.6) is 0 Å². The molecule has 0 radical (unpaired) electrons. The fraction of sp³-hybridized carbons (Fsp3) is 0.259. The number of benzene rings is 3. The van der Waals surface area contributed by atoms with Crippen LogP contribution in [0.3, 0.4) is 0 Å². The second-order valence-corrected chi connectivity index (χ2v) is 9.88. The van der Waals surface area contributed by atoms with Gasteiger partial charge >= 0.3 is 0 Å². The summed E-state index contributed by atoms with van der Waals surface area (Å²) in [5.74, 6) is 0.520. The Labute approximate surface area is 215 Å². The monoisotopic (exact) mass is 514 g/mol. The average molecular weight is 516 g/mol. The Hall–Kier alpha value is -2.47. The van der Waals surface area contributed by atoms with Crippen molar-refractivity contribution in [2.45, 2.75) is 31.7 Å². The van der Waals surface area contributed by atoms with Crippen molar-refractivity contribution in [3.8, 4) is 0 Å². The Balaban J connectivity index is 1.80. The normalized spacial score (nSPS) is 11.6. The van der Waals surface area contributed by atoms with E-state index in [4.69, 9.17) is 23.2 Å². The summed E-state index contributed by atoms with van der Waals surface area (Å²) in [6.45, 7) is 2.38. The Kier molecular flexibility index (Phi) is 9.87. The minimum Gasteiger partial charge on any atom is -0.357 e. The Morgan fingerprint density at radius 3 is 2.32 bits per heavy atom. The van der Waals surface area contributed by atoms with Gasteiger partial charge < -0.3 is 10.2 Å². The van der Waals surface area contributed by atoms with E-state index >= 15 is 0 Å². The van der Waals surface area contributed by atoms with Crippen LogP contribution in [0.15, 0.2) is 72.8 Å². The number of rotatable bonds is 10. The fourth-order valence-electron chi connectivity index (χ4n) is 3.58. The van der Waals surface area contributed by atoms with Gasteiger partial charge in [-0.2, -0.15) is 0 Å². The second-order valence-electron chi connectivity index (χ2n) is 8.06. The first-order chi connectivity index (χ1) is 16.4. The summed E-state index contributed by atoms with van der Waals surface area (Å²) in [4.78, 5) is 28.1. The number of hydrogen-bond donors (Lipinski definition) is 1. The number of nitrogens with one attached hydrogen (secondary N) is 1. The molecule has 0 bridgehead atoms. The summed E-state index contributed by atoms with van der Waals surface area (Å²) in [6.07, 6.45) is 0.436. The summed E-state index contributed by atoms with van der Waals surface area (Å²) in [7, 11) is 1.60. The van der Waals surface area contributed by atoms with Crippen LogP contribution >= 0.6 is 35.0 Å². The zero-order valence-corrected chi connectivity index (χ0v) is 21.6. The lowest BCUT2D eigenvalue weighted by molar-refractivity contribution is -0.139. The lowest BCUT2D eigenvalue weighted by Gasteiger charge is -2.31. The molecule has 0 saturated carbocycles. The van der Waals surface area contributed by atoms with E-state index in [1.807, 2.05) is 67.6 Å². The van der Waals surface area contributed by atoms with E-state index in [9.17, 15) is 9.59 Å². The second kappa shape index (κ2) is 12.8. The highest BCUT2D eigenvalue weighted by atomic mass is 35.5. The number of nitrogens with zero attached hydrogens (tertiary/aromatic N) is 1. The van der Waals surface area contributed by atoms with E-state index in [0.29, 0.717) is 28.8 Å². The highest BCUT2D eigenvalue weighted by Gasteiger charge is 2.29. The lowest BCUT2D eigenvalue weighted by atomic mass is 10.0. The van der Waals surface area contributed by atoms with Crippen LogP contribution in [0, 0.1) is 6.92 Å². The molecule has 0 heterocycles. The van der Waals surface area contributed by atoms with Gasteiger partial charge in [-0.3, -0.25) is 9.59 Å². The molecule has 0 aliphatic carbocycles. The predicted molar refractivity (Wildman–Crippen MR) is 142 cm³/mol. The summed E-state index contributed by atoms with van der Waals surface area (Å²) in [5, 5.41) is 3.90. The van der Waals surface area contributed by atoms with Gasteiger partial charge in [0.05, 0.1) is 5.75 Å². The minimum absolute atomic E-state index is 0.0970. The standard InChI is InChI=1S/C27H28Cl2N2O2S/c1-19-8-10-21(11-9-19)16-31(25(27(33)30-2)14-20-6-4-3-5-7-20)26(32)18-34-17-22-12-13-23(28)15-24(22)29/h3-13,15,25H,14,16-18H2,1-2H3,(H,30,33)/t25-/m1/s1. The topological polar surface area (TPSA) is 49.4 Å². The number of carbonyl (C=O) groups is 2. The highest BCUT2D eigenvalue weighted by molar-refractivity contribution is 7.99. The molecule has 0 aliphatic rings. The van der Waals surface area contributed by atoms with E-state index < -0.39 is 6.04 Å². The lowest BCUT2D eigenvalue weighted by Crippen LogP contribution is -2.50. The summed E-state index contributed by atoms with van der Waals surface area (Å²) >= 11 is 13.7. The summed E-state index contributed by atoms with van der Waals surface area (Å²) in [6, 6.07) is 22.5. The molecule has 0 saturated heterocycles. The fourth-order valence-corrected chi connectivity index (χ4v) is 5.05. The summed E-state index contributed by atoms with van der Waals surface area (Å²) < 4.78 is 0. The van der Waals surface area contributed by atoms with Crippen LogP contribution < -0.4 is 5.32 Å². The molecule has 1 atom stereocenters. The van der Waals surface area contributed by atoms with Crippen molar-refractivity contribution in [1.82, 2.24) is 10.2 Å². The van der Waals surface area contributed by atoms with Gasteiger partial charge in [-0.25, -0.2) is 0 Å². The third-order valence-corrected chi connectivity index (χ3v) is 7.04. The quantitative estimate of drug-likeness (QED) is 0.365. The molecule has 178 valence electrons. The number of halogens is 2. The molecular formula is C27H28Cl2N2O2S. The van der Waals surface area contributed by atoms with Gasteiger partial charge in [-0.15, -0.1) is 11.8 Å². The molecule has 7 heteroatoms. The SMILES string of the molecule is CNC(=O)[C@@H](Cc1ccccc1)N(Cc1ccc(C)cc1)C(=O)CSCc1ccc(Cl)cc1Cl. The van der Waals surface area contributed by atoms with Gasteiger partial charge in [-0.05, 0) is 35.7 Å². The van der Waals surface area contributed by atoms with Crippen LogP contribution in [0.2, 0.25) is 10.0 Å². The van der Waals surface area contributed by atoms with Crippen molar-refractivity contribution in [3.63, 3.8) is 0 Å².